The fourth-order valence-corrected chi connectivity index (χ4v) is 3.03. The van der Waals surface area contributed by atoms with E-state index < -0.39 is 0 Å². The highest BCUT2D eigenvalue weighted by atomic mass is 16.1. The standard InChI is InChI=1S/C13H23NO/c1-10-4-2-5-11(8-10)12(15)9-13(14)6-3-7-13/h10-11H,2-9,14H2,1H3. The molecule has 2 unspecified atom stereocenters. The summed E-state index contributed by atoms with van der Waals surface area (Å²) in [7, 11) is 0. The summed E-state index contributed by atoms with van der Waals surface area (Å²) in [6.07, 6.45) is 8.72. The van der Waals surface area contributed by atoms with Gasteiger partial charge in [-0.2, -0.15) is 0 Å². The zero-order valence-electron chi connectivity index (χ0n) is 9.80. The summed E-state index contributed by atoms with van der Waals surface area (Å²) in [6.45, 7) is 2.26. The van der Waals surface area contributed by atoms with E-state index in [2.05, 4.69) is 6.92 Å². The molecular weight excluding hydrogens is 186 g/mol. The average Bonchev–Trinajstić information content (AvgIpc) is 2.15. The monoisotopic (exact) mass is 209 g/mol. The molecule has 86 valence electrons. The maximum atomic E-state index is 12.1. The van der Waals surface area contributed by atoms with Crippen LogP contribution < -0.4 is 5.73 Å². The van der Waals surface area contributed by atoms with Gasteiger partial charge in [0.25, 0.3) is 0 Å². The third kappa shape index (κ3) is 2.60. The Morgan fingerprint density at radius 3 is 2.60 bits per heavy atom. The van der Waals surface area contributed by atoms with Crippen molar-refractivity contribution in [2.45, 2.75) is 63.8 Å². The molecule has 0 heterocycles. The van der Waals surface area contributed by atoms with Gasteiger partial charge in [0.15, 0.2) is 0 Å². The normalized spacial score (nSPS) is 34.5. The molecule has 2 fully saturated rings. The van der Waals surface area contributed by atoms with Gasteiger partial charge in [-0.05, 0) is 38.0 Å². The van der Waals surface area contributed by atoms with Crippen LogP contribution in [0.2, 0.25) is 0 Å². The lowest BCUT2D eigenvalue weighted by Gasteiger charge is -2.39. The van der Waals surface area contributed by atoms with E-state index in [0.29, 0.717) is 18.1 Å². The summed E-state index contributed by atoms with van der Waals surface area (Å²) in [4.78, 5) is 12.1. The average molecular weight is 209 g/mol. The Labute approximate surface area is 92.6 Å². The first kappa shape index (κ1) is 11.1. The minimum Gasteiger partial charge on any atom is -0.325 e. The minimum absolute atomic E-state index is 0.113. The van der Waals surface area contributed by atoms with Crippen LogP contribution in [0.25, 0.3) is 0 Å². The van der Waals surface area contributed by atoms with Gasteiger partial charge in [0.2, 0.25) is 0 Å². The highest BCUT2D eigenvalue weighted by Gasteiger charge is 2.37. The van der Waals surface area contributed by atoms with Crippen molar-refractivity contribution in [3.63, 3.8) is 0 Å². The Morgan fingerprint density at radius 2 is 2.07 bits per heavy atom. The Morgan fingerprint density at radius 1 is 1.33 bits per heavy atom. The highest BCUT2D eigenvalue weighted by Crippen LogP contribution is 2.36. The van der Waals surface area contributed by atoms with E-state index in [-0.39, 0.29) is 5.54 Å². The van der Waals surface area contributed by atoms with E-state index >= 15 is 0 Å². The third-order valence-corrected chi connectivity index (χ3v) is 4.27. The van der Waals surface area contributed by atoms with E-state index in [1.807, 2.05) is 0 Å². The predicted molar refractivity (Wildman–Crippen MR) is 61.5 cm³/mol. The predicted octanol–water partition coefficient (Wildman–Crippen LogP) is 2.65. The van der Waals surface area contributed by atoms with Crippen molar-refractivity contribution in [3.05, 3.63) is 0 Å². The first-order chi connectivity index (χ1) is 7.09. The molecule has 2 rings (SSSR count). The summed E-state index contributed by atoms with van der Waals surface area (Å²) in [6, 6.07) is 0. The lowest BCUT2D eigenvalue weighted by atomic mass is 9.70. The number of hydrogen-bond donors (Lipinski definition) is 1. The summed E-state index contributed by atoms with van der Waals surface area (Å²) in [5.74, 6) is 1.52. The number of rotatable bonds is 3. The zero-order valence-corrected chi connectivity index (χ0v) is 9.80. The lowest BCUT2D eigenvalue weighted by Crippen LogP contribution is -2.49. The number of ketones is 1. The van der Waals surface area contributed by atoms with E-state index in [1.165, 1.54) is 19.3 Å². The molecule has 0 aromatic heterocycles. The molecule has 15 heavy (non-hydrogen) atoms. The molecule has 0 aromatic rings. The molecule has 2 N–H and O–H groups in total. The number of carbonyl (C=O) groups is 1. The van der Waals surface area contributed by atoms with Crippen molar-refractivity contribution < 1.29 is 4.79 Å². The van der Waals surface area contributed by atoms with Gasteiger partial charge >= 0.3 is 0 Å². The van der Waals surface area contributed by atoms with Crippen LogP contribution in [0.15, 0.2) is 0 Å². The van der Waals surface area contributed by atoms with Gasteiger partial charge in [0.05, 0.1) is 0 Å². The molecule has 0 aromatic carbocycles. The van der Waals surface area contributed by atoms with Crippen molar-refractivity contribution in [3.8, 4) is 0 Å². The Bertz CT molecular complexity index is 245. The smallest absolute Gasteiger partial charge is 0.137 e. The molecule has 0 bridgehead atoms. The molecular formula is C13H23NO. The summed E-state index contributed by atoms with van der Waals surface area (Å²) in [5, 5.41) is 0. The second kappa shape index (κ2) is 4.25. The molecule has 0 radical (unpaired) electrons. The number of Topliss-reactive ketones (excluding diaryl/α,β-unsaturated/α-hetero) is 1. The highest BCUT2D eigenvalue weighted by molar-refractivity contribution is 5.82. The fourth-order valence-electron chi connectivity index (χ4n) is 3.03. The first-order valence-electron chi connectivity index (χ1n) is 6.41. The van der Waals surface area contributed by atoms with E-state index in [0.717, 1.165) is 31.6 Å². The Balaban J connectivity index is 1.84. The molecule has 2 nitrogen and oxygen atoms in total. The van der Waals surface area contributed by atoms with Gasteiger partial charge in [-0.25, -0.2) is 0 Å². The van der Waals surface area contributed by atoms with Crippen LogP contribution in [-0.4, -0.2) is 11.3 Å². The molecule has 2 aliphatic rings. The van der Waals surface area contributed by atoms with Gasteiger partial charge in [0, 0.05) is 17.9 Å². The summed E-state index contributed by atoms with van der Waals surface area (Å²) in [5.41, 5.74) is 6.01. The van der Waals surface area contributed by atoms with Crippen LogP contribution in [-0.2, 0) is 4.79 Å². The van der Waals surface area contributed by atoms with Gasteiger partial charge in [0.1, 0.15) is 5.78 Å². The maximum Gasteiger partial charge on any atom is 0.137 e. The van der Waals surface area contributed by atoms with Crippen molar-refractivity contribution in [2.24, 2.45) is 17.6 Å². The Hall–Kier alpha value is -0.370. The maximum absolute atomic E-state index is 12.1. The molecule has 2 atom stereocenters. The molecule has 2 heteroatoms. The van der Waals surface area contributed by atoms with E-state index in [1.54, 1.807) is 0 Å². The van der Waals surface area contributed by atoms with Gasteiger partial charge in [-0.3, -0.25) is 4.79 Å². The minimum atomic E-state index is -0.113. The van der Waals surface area contributed by atoms with E-state index in [4.69, 9.17) is 5.73 Å². The number of nitrogens with two attached hydrogens (primary N) is 1. The van der Waals surface area contributed by atoms with Crippen molar-refractivity contribution in [1.29, 1.82) is 0 Å². The third-order valence-electron chi connectivity index (χ3n) is 4.27. The zero-order chi connectivity index (χ0) is 10.9. The van der Waals surface area contributed by atoms with Crippen molar-refractivity contribution >= 4 is 5.78 Å². The number of hydrogen-bond acceptors (Lipinski definition) is 2. The van der Waals surface area contributed by atoms with E-state index in [9.17, 15) is 4.79 Å². The van der Waals surface area contributed by atoms with Crippen molar-refractivity contribution in [2.75, 3.05) is 0 Å². The van der Waals surface area contributed by atoms with Crippen LogP contribution in [0.3, 0.4) is 0 Å². The molecule has 0 aliphatic heterocycles. The second-order valence-corrected chi connectivity index (χ2v) is 5.83. The van der Waals surface area contributed by atoms with Crippen LogP contribution in [0.1, 0.15) is 58.3 Å². The van der Waals surface area contributed by atoms with Gasteiger partial charge < -0.3 is 5.73 Å². The van der Waals surface area contributed by atoms with Gasteiger partial charge in [-0.1, -0.05) is 19.8 Å². The van der Waals surface area contributed by atoms with Crippen LogP contribution in [0.4, 0.5) is 0 Å². The van der Waals surface area contributed by atoms with Gasteiger partial charge in [-0.15, -0.1) is 0 Å². The second-order valence-electron chi connectivity index (χ2n) is 5.83. The summed E-state index contributed by atoms with van der Waals surface area (Å²) < 4.78 is 0. The van der Waals surface area contributed by atoms with Crippen LogP contribution >= 0.6 is 0 Å². The molecule has 0 spiro atoms. The molecule has 0 amide bonds. The molecule has 2 aliphatic carbocycles. The quantitative estimate of drug-likeness (QED) is 0.776. The van der Waals surface area contributed by atoms with Crippen molar-refractivity contribution in [1.82, 2.24) is 0 Å². The van der Waals surface area contributed by atoms with Crippen LogP contribution in [0.5, 0.6) is 0 Å². The lowest BCUT2D eigenvalue weighted by molar-refractivity contribution is -0.126. The van der Waals surface area contributed by atoms with Crippen LogP contribution in [0, 0.1) is 11.8 Å². The molecule has 0 saturated heterocycles. The first-order valence-corrected chi connectivity index (χ1v) is 6.41. The Kier molecular flexibility index (Phi) is 3.15. The fraction of sp³-hybridized carbons (Fsp3) is 0.923. The SMILES string of the molecule is CC1CCCC(C(=O)CC2(N)CCC2)C1. The molecule has 2 saturated carbocycles. The number of carbonyl (C=O) groups excluding carboxylic acids is 1. The largest absolute Gasteiger partial charge is 0.325 e. The summed E-state index contributed by atoms with van der Waals surface area (Å²) >= 11 is 0. The topological polar surface area (TPSA) is 43.1 Å².